The molecule has 1 saturated heterocycles. The number of esters is 1. The molecule has 5 atom stereocenters. The van der Waals surface area contributed by atoms with Crippen molar-refractivity contribution in [2.45, 2.75) is 62.7 Å². The van der Waals surface area contributed by atoms with Crippen molar-refractivity contribution in [2.75, 3.05) is 7.11 Å². The quantitative estimate of drug-likeness (QED) is 0.723. The Morgan fingerprint density at radius 3 is 2.54 bits per heavy atom. The maximum absolute atomic E-state index is 13.3. The maximum Gasteiger partial charge on any atom is 0.416 e. The molecule has 2 saturated carbocycles. The number of carbonyl (C=O) groups is 2. The predicted molar refractivity (Wildman–Crippen MR) is 95.3 cm³/mol. The van der Waals surface area contributed by atoms with Crippen molar-refractivity contribution < 1.29 is 27.5 Å². The predicted octanol–water partition coefficient (Wildman–Crippen LogP) is 4.14. The molecule has 4 rings (SSSR count). The van der Waals surface area contributed by atoms with Crippen molar-refractivity contribution in [1.82, 2.24) is 4.90 Å². The number of alkyl halides is 3. The van der Waals surface area contributed by atoms with Gasteiger partial charge in [-0.3, -0.25) is 4.79 Å². The third-order valence-corrected chi connectivity index (χ3v) is 6.59. The van der Waals surface area contributed by atoms with Crippen LogP contribution in [0.15, 0.2) is 24.3 Å². The molecule has 0 spiro atoms. The van der Waals surface area contributed by atoms with Gasteiger partial charge >= 0.3 is 12.1 Å². The molecule has 1 amide bonds. The van der Waals surface area contributed by atoms with Crippen molar-refractivity contribution in [3.05, 3.63) is 35.4 Å². The molecule has 0 unspecified atom stereocenters. The second-order valence-corrected chi connectivity index (χ2v) is 8.17. The minimum atomic E-state index is -4.44. The van der Waals surface area contributed by atoms with Crippen LogP contribution in [0.4, 0.5) is 13.2 Å². The van der Waals surface area contributed by atoms with E-state index in [-0.39, 0.29) is 23.4 Å². The molecule has 0 N–H and O–H groups in total. The van der Waals surface area contributed by atoms with E-state index in [1.54, 1.807) is 11.0 Å². The van der Waals surface area contributed by atoms with E-state index in [1.165, 1.54) is 19.2 Å². The zero-order chi connectivity index (χ0) is 20.1. The minimum absolute atomic E-state index is 0.00413. The Balaban J connectivity index is 1.57. The number of carbonyl (C=O) groups excluding carboxylic acids is 2. The van der Waals surface area contributed by atoms with Crippen molar-refractivity contribution in [3.8, 4) is 0 Å². The molecule has 7 heteroatoms. The van der Waals surface area contributed by atoms with Gasteiger partial charge in [-0.15, -0.1) is 0 Å². The number of fused-ring (bicyclic) bond motifs is 1. The van der Waals surface area contributed by atoms with Gasteiger partial charge in [-0.25, -0.2) is 4.79 Å². The molecule has 3 aliphatic rings. The Bertz CT molecular complexity index is 778. The Morgan fingerprint density at radius 1 is 1.11 bits per heavy atom. The largest absolute Gasteiger partial charge is 0.467 e. The van der Waals surface area contributed by atoms with Crippen LogP contribution < -0.4 is 0 Å². The number of likely N-dealkylation sites (tertiary alicyclic amines) is 1. The van der Waals surface area contributed by atoms with Crippen molar-refractivity contribution in [2.24, 2.45) is 11.8 Å². The summed E-state index contributed by atoms with van der Waals surface area (Å²) in [6.07, 6.45) is 0.468. The molecule has 1 aromatic rings. The summed E-state index contributed by atoms with van der Waals surface area (Å²) < 4.78 is 44.9. The lowest BCUT2D eigenvalue weighted by atomic mass is 9.84. The molecule has 28 heavy (non-hydrogen) atoms. The Kier molecular flexibility index (Phi) is 4.88. The van der Waals surface area contributed by atoms with Gasteiger partial charge in [-0.2, -0.15) is 13.2 Å². The first kappa shape index (κ1) is 19.3. The number of hydrogen-bond acceptors (Lipinski definition) is 3. The van der Waals surface area contributed by atoms with Gasteiger partial charge in [-0.05, 0) is 49.1 Å². The lowest BCUT2D eigenvalue weighted by Gasteiger charge is -2.33. The van der Waals surface area contributed by atoms with E-state index in [9.17, 15) is 22.8 Å². The molecule has 0 radical (unpaired) electrons. The lowest BCUT2D eigenvalue weighted by Crippen LogP contribution is -2.47. The topological polar surface area (TPSA) is 46.6 Å². The lowest BCUT2D eigenvalue weighted by molar-refractivity contribution is -0.153. The summed E-state index contributed by atoms with van der Waals surface area (Å²) >= 11 is 0. The van der Waals surface area contributed by atoms with Crippen LogP contribution in [0.2, 0.25) is 0 Å². The van der Waals surface area contributed by atoms with Crippen LogP contribution in [0.25, 0.3) is 0 Å². The van der Waals surface area contributed by atoms with Crippen molar-refractivity contribution >= 4 is 11.9 Å². The van der Waals surface area contributed by atoms with Gasteiger partial charge in [0, 0.05) is 12.0 Å². The van der Waals surface area contributed by atoms with Crippen LogP contribution in [-0.2, 0) is 20.5 Å². The number of benzene rings is 1. The van der Waals surface area contributed by atoms with Gasteiger partial charge in [-0.1, -0.05) is 31.0 Å². The summed E-state index contributed by atoms with van der Waals surface area (Å²) in [5.74, 6) is -1.26. The van der Waals surface area contributed by atoms with Gasteiger partial charge in [0.05, 0.1) is 12.7 Å². The summed E-state index contributed by atoms with van der Waals surface area (Å²) in [6.45, 7) is 0. The molecule has 1 aromatic carbocycles. The summed E-state index contributed by atoms with van der Waals surface area (Å²) in [5, 5.41) is 0. The first-order chi connectivity index (χ1) is 13.3. The van der Waals surface area contributed by atoms with E-state index in [4.69, 9.17) is 4.74 Å². The Morgan fingerprint density at radius 2 is 1.82 bits per heavy atom. The SMILES string of the molecule is COC(=O)[C@@H]1C[C@@H]2CCCC[C@@H]2N1C(=O)[C@@H]1C[C@H]1c1ccccc1C(F)(F)F. The molecule has 0 bridgehead atoms. The molecular weight excluding hydrogens is 371 g/mol. The number of nitrogens with zero attached hydrogens (tertiary/aromatic N) is 1. The van der Waals surface area contributed by atoms with Crippen LogP contribution in [-0.4, -0.2) is 36.0 Å². The average Bonchev–Trinajstić information content (AvgIpc) is 3.39. The molecule has 0 aromatic heterocycles. The summed E-state index contributed by atoms with van der Waals surface area (Å²) in [7, 11) is 1.31. The van der Waals surface area contributed by atoms with E-state index in [0.29, 0.717) is 12.8 Å². The number of halogens is 3. The van der Waals surface area contributed by atoms with Gasteiger partial charge in [0.25, 0.3) is 0 Å². The van der Waals surface area contributed by atoms with Gasteiger partial charge in [0.15, 0.2) is 0 Å². The van der Waals surface area contributed by atoms with Crippen molar-refractivity contribution in [3.63, 3.8) is 0 Å². The van der Waals surface area contributed by atoms with Crippen LogP contribution in [0, 0.1) is 11.8 Å². The second kappa shape index (κ2) is 7.08. The van der Waals surface area contributed by atoms with Gasteiger partial charge < -0.3 is 9.64 Å². The van der Waals surface area contributed by atoms with Gasteiger partial charge in [0.2, 0.25) is 5.91 Å². The smallest absolute Gasteiger partial charge is 0.416 e. The molecule has 1 heterocycles. The van der Waals surface area contributed by atoms with E-state index in [0.717, 1.165) is 31.7 Å². The third-order valence-electron chi connectivity index (χ3n) is 6.59. The number of methoxy groups -OCH3 is 1. The highest BCUT2D eigenvalue weighted by molar-refractivity contribution is 5.89. The van der Waals surface area contributed by atoms with E-state index >= 15 is 0 Å². The minimum Gasteiger partial charge on any atom is -0.467 e. The summed E-state index contributed by atoms with van der Waals surface area (Å²) in [6, 6.07) is 4.88. The Labute approximate surface area is 162 Å². The zero-order valence-electron chi connectivity index (χ0n) is 15.7. The fraction of sp³-hybridized carbons (Fsp3) is 0.619. The van der Waals surface area contributed by atoms with Crippen LogP contribution in [0.1, 0.15) is 55.6 Å². The van der Waals surface area contributed by atoms with Crippen LogP contribution in [0.5, 0.6) is 0 Å². The number of rotatable bonds is 3. The third kappa shape index (κ3) is 3.29. The molecule has 3 fully saturated rings. The average molecular weight is 395 g/mol. The highest BCUT2D eigenvalue weighted by atomic mass is 19.4. The monoisotopic (exact) mass is 395 g/mol. The van der Waals surface area contributed by atoms with Crippen molar-refractivity contribution in [1.29, 1.82) is 0 Å². The fourth-order valence-corrected chi connectivity index (χ4v) is 5.21. The number of amides is 1. The standard InChI is InChI=1S/C21H24F3NO3/c1-28-20(27)18-10-12-6-2-5-9-17(12)25(18)19(26)15-11-14(15)13-7-3-4-8-16(13)21(22,23)24/h3-4,7-8,12,14-15,17-18H,2,5-6,9-11H2,1H3/t12-,14-,15+,17-,18-/m0/s1. The van der Waals surface area contributed by atoms with E-state index < -0.39 is 35.6 Å². The molecule has 1 aliphatic heterocycles. The molecular formula is C21H24F3NO3. The van der Waals surface area contributed by atoms with E-state index in [2.05, 4.69) is 0 Å². The highest BCUT2D eigenvalue weighted by Crippen LogP contribution is 2.53. The first-order valence-electron chi connectivity index (χ1n) is 9.89. The summed E-state index contributed by atoms with van der Waals surface area (Å²) in [4.78, 5) is 27.2. The highest BCUT2D eigenvalue weighted by Gasteiger charge is 2.55. The van der Waals surface area contributed by atoms with E-state index in [1.807, 2.05) is 0 Å². The van der Waals surface area contributed by atoms with Gasteiger partial charge in [0.1, 0.15) is 6.04 Å². The normalized spacial score (nSPS) is 32.0. The zero-order valence-corrected chi connectivity index (χ0v) is 15.7. The first-order valence-corrected chi connectivity index (χ1v) is 9.89. The van der Waals surface area contributed by atoms with Crippen LogP contribution >= 0.6 is 0 Å². The Hall–Kier alpha value is -2.05. The fourth-order valence-electron chi connectivity index (χ4n) is 5.21. The molecule has 152 valence electrons. The van der Waals surface area contributed by atoms with Crippen LogP contribution in [0.3, 0.4) is 0 Å². The molecule has 2 aliphatic carbocycles. The molecule has 4 nitrogen and oxygen atoms in total. The maximum atomic E-state index is 13.3. The number of hydrogen-bond donors (Lipinski definition) is 0. The summed E-state index contributed by atoms with van der Waals surface area (Å²) in [5.41, 5.74) is -0.487. The number of ether oxygens (including phenoxy) is 1. The second-order valence-electron chi connectivity index (χ2n) is 8.17.